The summed E-state index contributed by atoms with van der Waals surface area (Å²) in [6.07, 6.45) is 0.972. The second-order valence-electron chi connectivity index (χ2n) is 7.29. The molecule has 0 bridgehead atoms. The largest absolute Gasteiger partial charge is 0.492 e. The molecule has 1 heterocycles. The monoisotopic (exact) mass is 493 g/mol. The molecule has 0 spiro atoms. The summed E-state index contributed by atoms with van der Waals surface area (Å²) in [6, 6.07) is 28.1. The predicted molar refractivity (Wildman–Crippen MR) is 130 cm³/mol. The van der Waals surface area contributed by atoms with E-state index in [-0.39, 0.29) is 0 Å². The maximum atomic E-state index is 5.93. The fourth-order valence-electron chi connectivity index (χ4n) is 3.60. The Bertz CT molecular complexity index is 958. The van der Waals surface area contributed by atoms with Gasteiger partial charge in [0.25, 0.3) is 0 Å². The Hall–Kier alpha value is -2.11. The van der Waals surface area contributed by atoms with Crippen molar-refractivity contribution >= 4 is 33.7 Å². The van der Waals surface area contributed by atoms with Crippen molar-refractivity contribution in [1.82, 2.24) is 4.90 Å². The summed E-state index contributed by atoms with van der Waals surface area (Å²) in [4.78, 5) is 2.37. The summed E-state index contributed by atoms with van der Waals surface area (Å²) >= 11 is 2.36. The van der Waals surface area contributed by atoms with Crippen molar-refractivity contribution in [3.63, 3.8) is 0 Å². The van der Waals surface area contributed by atoms with Gasteiger partial charge in [0.1, 0.15) is 12.4 Å². The maximum Gasteiger partial charge on any atom is 0.119 e. The minimum absolute atomic E-state index is 0.753. The van der Waals surface area contributed by atoms with Crippen LogP contribution in [-0.2, 0) is 0 Å². The molecule has 0 unspecified atom stereocenters. The van der Waals surface area contributed by atoms with E-state index in [1.165, 1.54) is 44.5 Å². The minimum Gasteiger partial charge on any atom is -0.492 e. The Morgan fingerprint density at radius 1 is 0.828 bits per heavy atom. The summed E-state index contributed by atoms with van der Waals surface area (Å²) < 4.78 is 7.17. The van der Waals surface area contributed by atoms with E-state index in [0.717, 1.165) is 25.3 Å². The molecule has 1 aliphatic rings. The van der Waals surface area contributed by atoms with Gasteiger partial charge in [0.2, 0.25) is 0 Å². The zero-order chi connectivity index (χ0) is 20.1. The van der Waals surface area contributed by atoms with Crippen molar-refractivity contribution < 1.29 is 4.74 Å². The van der Waals surface area contributed by atoms with Gasteiger partial charge in [-0.25, -0.2) is 0 Å². The Morgan fingerprint density at radius 2 is 1.45 bits per heavy atom. The molecular formula is C26H26INO. The van der Waals surface area contributed by atoms with Crippen LogP contribution in [0.15, 0.2) is 78.9 Å². The fraction of sp³-hybridized carbons (Fsp3) is 0.231. The third-order valence-corrected chi connectivity index (χ3v) is 5.99. The van der Waals surface area contributed by atoms with E-state index in [9.17, 15) is 0 Å². The highest BCUT2D eigenvalue weighted by atomic mass is 125. The van der Waals surface area contributed by atoms with Gasteiger partial charge in [-0.3, -0.25) is 4.90 Å². The molecule has 1 saturated heterocycles. The lowest BCUT2D eigenvalue weighted by Gasteiger charge is -2.17. The first-order chi connectivity index (χ1) is 14.2. The molecule has 3 heteroatoms. The van der Waals surface area contributed by atoms with Gasteiger partial charge in [0, 0.05) is 23.2 Å². The second-order valence-corrected chi connectivity index (χ2v) is 8.54. The molecule has 0 radical (unpaired) electrons. The molecule has 3 aromatic rings. The zero-order valence-electron chi connectivity index (χ0n) is 16.8. The number of rotatable bonds is 8. The van der Waals surface area contributed by atoms with Gasteiger partial charge in [-0.15, -0.1) is 0 Å². The quantitative estimate of drug-likeness (QED) is 0.206. The van der Waals surface area contributed by atoms with E-state index >= 15 is 0 Å². The first-order valence-corrected chi connectivity index (χ1v) is 11.3. The summed E-state index contributed by atoms with van der Waals surface area (Å²) in [5.41, 5.74) is 6.42. The van der Waals surface area contributed by atoms with E-state index in [4.69, 9.17) is 4.74 Å². The van der Waals surface area contributed by atoms with Crippen molar-refractivity contribution in [2.24, 2.45) is 0 Å². The molecule has 1 aliphatic heterocycles. The normalized spacial score (nSPS) is 14.4. The Kier molecular flexibility index (Phi) is 6.67. The summed E-state index contributed by atoms with van der Waals surface area (Å²) in [5.74, 6) is 0.940. The number of nitrogens with zero attached hydrogens (tertiary/aromatic N) is 1. The molecule has 3 aromatic carbocycles. The van der Waals surface area contributed by atoms with E-state index in [1.807, 2.05) is 0 Å². The second kappa shape index (κ2) is 9.59. The third-order valence-electron chi connectivity index (χ3n) is 5.27. The van der Waals surface area contributed by atoms with Crippen LogP contribution in [0.3, 0.4) is 0 Å². The van der Waals surface area contributed by atoms with Crippen LogP contribution in [0.5, 0.6) is 5.75 Å². The lowest BCUT2D eigenvalue weighted by molar-refractivity contribution is 0.292. The maximum absolute atomic E-state index is 5.93. The standard InChI is InChI=1S/C26H26INO/c1-2-25(20-6-4-3-5-7-20)26(21-8-12-23(27)13-9-21)22-10-14-24(15-11-22)29-19-18-28-16-17-28/h3-15H,2,16-19H2,1H3/b26-25+/i27-2. The van der Waals surface area contributed by atoms with Crippen LogP contribution in [-0.4, -0.2) is 31.1 Å². The average Bonchev–Trinajstić information content (AvgIpc) is 3.59. The van der Waals surface area contributed by atoms with Crippen molar-refractivity contribution in [3.05, 3.63) is 99.1 Å². The molecule has 0 N–H and O–H groups in total. The molecule has 0 saturated carbocycles. The fourth-order valence-corrected chi connectivity index (χ4v) is 3.96. The highest BCUT2D eigenvalue weighted by molar-refractivity contribution is 14.1. The lowest BCUT2D eigenvalue weighted by Crippen LogP contribution is -2.10. The van der Waals surface area contributed by atoms with Crippen LogP contribution in [0, 0.1) is 3.57 Å². The van der Waals surface area contributed by atoms with Crippen LogP contribution >= 0.6 is 22.6 Å². The molecule has 148 valence electrons. The number of hydrogen-bond acceptors (Lipinski definition) is 2. The molecule has 0 aromatic heterocycles. The summed E-state index contributed by atoms with van der Waals surface area (Å²) in [7, 11) is 0. The molecule has 0 atom stereocenters. The Morgan fingerprint density at radius 3 is 2.03 bits per heavy atom. The van der Waals surface area contributed by atoms with Crippen LogP contribution in [0.4, 0.5) is 0 Å². The van der Waals surface area contributed by atoms with Gasteiger partial charge >= 0.3 is 0 Å². The van der Waals surface area contributed by atoms with E-state index in [1.54, 1.807) is 0 Å². The van der Waals surface area contributed by atoms with Crippen molar-refractivity contribution in [2.75, 3.05) is 26.2 Å². The average molecular weight is 493 g/mol. The van der Waals surface area contributed by atoms with Gasteiger partial charge < -0.3 is 4.74 Å². The molecule has 4 rings (SSSR count). The Labute approximate surface area is 187 Å². The van der Waals surface area contributed by atoms with Crippen LogP contribution in [0.25, 0.3) is 11.1 Å². The van der Waals surface area contributed by atoms with Gasteiger partial charge in [-0.1, -0.05) is 61.5 Å². The van der Waals surface area contributed by atoms with Gasteiger partial charge in [-0.05, 0) is 81.1 Å². The van der Waals surface area contributed by atoms with Crippen molar-refractivity contribution in [3.8, 4) is 5.75 Å². The number of ether oxygens (including phenoxy) is 1. The van der Waals surface area contributed by atoms with Gasteiger partial charge in [0.15, 0.2) is 0 Å². The number of benzene rings is 3. The summed E-state index contributed by atoms with van der Waals surface area (Å²) in [5, 5.41) is 0. The highest BCUT2D eigenvalue weighted by Gasteiger charge is 2.16. The Balaban J connectivity index is 1.69. The van der Waals surface area contributed by atoms with E-state index < -0.39 is 0 Å². The molecule has 0 amide bonds. The third kappa shape index (κ3) is 5.28. The minimum atomic E-state index is 0.753. The van der Waals surface area contributed by atoms with Crippen LogP contribution in [0.2, 0.25) is 0 Å². The zero-order valence-corrected chi connectivity index (χ0v) is 18.9. The van der Waals surface area contributed by atoms with Crippen molar-refractivity contribution in [2.45, 2.75) is 13.3 Å². The lowest BCUT2D eigenvalue weighted by atomic mass is 9.88. The molecule has 1 fully saturated rings. The van der Waals surface area contributed by atoms with Crippen LogP contribution in [0.1, 0.15) is 30.0 Å². The van der Waals surface area contributed by atoms with Gasteiger partial charge in [0.05, 0.1) is 0 Å². The van der Waals surface area contributed by atoms with Crippen LogP contribution < -0.4 is 4.74 Å². The molecule has 29 heavy (non-hydrogen) atoms. The van der Waals surface area contributed by atoms with Gasteiger partial charge in [-0.2, -0.15) is 0 Å². The smallest absolute Gasteiger partial charge is 0.119 e. The number of halogens is 1. The topological polar surface area (TPSA) is 12.2 Å². The molecular weight excluding hydrogens is 467 g/mol. The number of hydrogen-bond donors (Lipinski definition) is 0. The SMILES string of the molecule is CC/C(=C(/c1ccc([125I])cc1)c1ccc(OCCN2CC2)cc1)c1ccccc1. The van der Waals surface area contributed by atoms with E-state index in [0.29, 0.717) is 0 Å². The van der Waals surface area contributed by atoms with Crippen molar-refractivity contribution in [1.29, 1.82) is 0 Å². The van der Waals surface area contributed by atoms with E-state index in [2.05, 4.69) is 113 Å². The summed E-state index contributed by atoms with van der Waals surface area (Å²) in [6.45, 7) is 6.43. The first kappa shape index (κ1) is 20.2. The predicted octanol–water partition coefficient (Wildman–Crippen LogP) is 6.35. The highest BCUT2D eigenvalue weighted by Crippen LogP contribution is 2.35. The molecule has 2 nitrogen and oxygen atoms in total. The first-order valence-electron chi connectivity index (χ1n) is 10.2. The molecule has 0 aliphatic carbocycles. The number of allylic oxidation sites excluding steroid dienone is 1.